The smallest absolute Gasteiger partial charge is 0.140 e. The second kappa shape index (κ2) is 7.00. The van der Waals surface area contributed by atoms with Gasteiger partial charge in [-0.15, -0.1) is 0 Å². The Morgan fingerprint density at radius 3 is 2.62 bits per heavy atom. The van der Waals surface area contributed by atoms with Gasteiger partial charge in [-0.25, -0.2) is 0 Å². The van der Waals surface area contributed by atoms with E-state index in [-0.39, 0.29) is 5.41 Å². The van der Waals surface area contributed by atoms with Crippen LogP contribution in [0.25, 0.3) is 0 Å². The number of benzene rings is 1. The van der Waals surface area contributed by atoms with Crippen LogP contribution in [-0.2, 0) is 16.8 Å². The first kappa shape index (κ1) is 17.1. The van der Waals surface area contributed by atoms with E-state index in [0.717, 1.165) is 29.6 Å². The summed E-state index contributed by atoms with van der Waals surface area (Å²) in [5.74, 6) is 0. The predicted molar refractivity (Wildman–Crippen MR) is 95.7 cm³/mol. The van der Waals surface area contributed by atoms with E-state index in [4.69, 9.17) is 10.00 Å². The third-order valence-corrected chi connectivity index (χ3v) is 4.88. The Hall–Kier alpha value is -1.77. The van der Waals surface area contributed by atoms with Crippen molar-refractivity contribution in [3.8, 4) is 5.40 Å². The molecule has 4 nitrogen and oxygen atoms in total. The highest BCUT2D eigenvalue weighted by Crippen LogP contribution is 2.39. The van der Waals surface area contributed by atoms with Gasteiger partial charge in [-0.05, 0) is 24.5 Å². The molecule has 1 aliphatic rings. The zero-order valence-electron chi connectivity index (χ0n) is 14.4. The van der Waals surface area contributed by atoms with Crippen LogP contribution in [0.1, 0.15) is 50.9 Å². The number of rotatable bonds is 5. The maximum Gasteiger partial charge on any atom is 0.140 e. The van der Waals surface area contributed by atoms with Gasteiger partial charge in [-0.3, -0.25) is 4.68 Å². The number of aromatic nitrogens is 2. The van der Waals surface area contributed by atoms with Crippen molar-refractivity contribution in [2.24, 2.45) is 0 Å². The highest BCUT2D eigenvalue weighted by atomic mass is 32.2. The molecule has 0 spiro atoms. The first-order valence-electron chi connectivity index (χ1n) is 8.29. The molecule has 0 bridgehead atoms. The Balaban J connectivity index is 1.62. The molecule has 1 heterocycles. The van der Waals surface area contributed by atoms with Gasteiger partial charge in [0.05, 0.1) is 18.8 Å². The molecule has 2 aromatic rings. The number of nitriles is 1. The summed E-state index contributed by atoms with van der Waals surface area (Å²) >= 11 is 1.13. The molecule has 24 heavy (non-hydrogen) atoms. The molecule has 0 atom stereocenters. The number of ether oxygens (including phenoxy) is 1. The molecular weight excluding hydrogens is 318 g/mol. The summed E-state index contributed by atoms with van der Waals surface area (Å²) in [4.78, 5) is 0. The first-order chi connectivity index (χ1) is 11.5. The first-order valence-corrected chi connectivity index (χ1v) is 9.10. The van der Waals surface area contributed by atoms with Gasteiger partial charge in [0.1, 0.15) is 10.4 Å². The Labute approximate surface area is 147 Å². The van der Waals surface area contributed by atoms with Crippen LogP contribution < -0.4 is 0 Å². The summed E-state index contributed by atoms with van der Waals surface area (Å²) in [7, 11) is 0. The number of hydrogen-bond acceptors (Lipinski definition) is 4. The topological polar surface area (TPSA) is 50.8 Å². The number of nitrogens with zero attached hydrogens (tertiary/aromatic N) is 3. The SMILES string of the molecule is CC(C)(C)c1cc(SC#N)nn1C1CC(OCc2ccccc2)C1. The Kier molecular flexibility index (Phi) is 4.98. The van der Waals surface area contributed by atoms with Gasteiger partial charge in [0, 0.05) is 22.9 Å². The van der Waals surface area contributed by atoms with Crippen molar-refractivity contribution in [3.05, 3.63) is 47.7 Å². The standard InChI is InChI=1S/C19H23N3OS/c1-19(2,3)17-11-18(24-13-20)21-22(17)15-9-16(10-15)23-12-14-7-5-4-6-8-14/h4-8,11,15-16H,9-10,12H2,1-3H3. The van der Waals surface area contributed by atoms with Crippen molar-refractivity contribution >= 4 is 11.8 Å². The van der Waals surface area contributed by atoms with Crippen LogP contribution in [-0.4, -0.2) is 15.9 Å². The minimum absolute atomic E-state index is 0.0112. The van der Waals surface area contributed by atoms with Gasteiger partial charge < -0.3 is 4.74 Å². The van der Waals surface area contributed by atoms with E-state index in [9.17, 15) is 0 Å². The van der Waals surface area contributed by atoms with Crippen LogP contribution >= 0.6 is 11.8 Å². The van der Waals surface area contributed by atoms with E-state index in [0.29, 0.717) is 18.8 Å². The van der Waals surface area contributed by atoms with E-state index in [2.05, 4.69) is 48.1 Å². The lowest BCUT2D eigenvalue weighted by Gasteiger charge is -2.37. The van der Waals surface area contributed by atoms with Crippen LogP contribution in [0, 0.1) is 10.7 Å². The van der Waals surface area contributed by atoms with Crippen molar-refractivity contribution in [2.45, 2.75) is 62.8 Å². The van der Waals surface area contributed by atoms with E-state index in [1.165, 1.54) is 11.3 Å². The molecule has 1 aliphatic carbocycles. The third kappa shape index (κ3) is 3.82. The van der Waals surface area contributed by atoms with Crippen LogP contribution in [0.3, 0.4) is 0 Å². The number of hydrogen-bond donors (Lipinski definition) is 0. The van der Waals surface area contributed by atoms with Crippen LogP contribution in [0.2, 0.25) is 0 Å². The van der Waals surface area contributed by atoms with Crippen LogP contribution in [0.15, 0.2) is 41.4 Å². The lowest BCUT2D eigenvalue weighted by Crippen LogP contribution is -2.36. The Morgan fingerprint density at radius 2 is 2.00 bits per heavy atom. The van der Waals surface area contributed by atoms with Crippen molar-refractivity contribution in [1.82, 2.24) is 9.78 Å². The second-order valence-electron chi connectivity index (χ2n) is 7.30. The fourth-order valence-corrected chi connectivity index (χ4v) is 3.36. The lowest BCUT2D eigenvalue weighted by atomic mass is 9.86. The monoisotopic (exact) mass is 341 g/mol. The summed E-state index contributed by atoms with van der Waals surface area (Å²) < 4.78 is 8.11. The molecule has 1 fully saturated rings. The minimum atomic E-state index is 0.0112. The summed E-state index contributed by atoms with van der Waals surface area (Å²) in [5, 5.41) is 16.4. The van der Waals surface area contributed by atoms with E-state index in [1.807, 2.05) is 24.3 Å². The fourth-order valence-electron chi connectivity index (χ4n) is 2.97. The molecule has 126 valence electrons. The van der Waals surface area contributed by atoms with Gasteiger partial charge in [0.2, 0.25) is 0 Å². The molecule has 1 aromatic carbocycles. The quantitative estimate of drug-likeness (QED) is 0.585. The molecule has 0 N–H and O–H groups in total. The molecule has 3 rings (SSSR count). The highest BCUT2D eigenvalue weighted by molar-refractivity contribution is 8.03. The minimum Gasteiger partial charge on any atom is -0.373 e. The van der Waals surface area contributed by atoms with Gasteiger partial charge >= 0.3 is 0 Å². The lowest BCUT2D eigenvalue weighted by molar-refractivity contribution is -0.0396. The van der Waals surface area contributed by atoms with Crippen molar-refractivity contribution < 1.29 is 4.74 Å². The van der Waals surface area contributed by atoms with Gasteiger partial charge in [0.25, 0.3) is 0 Å². The average molecular weight is 341 g/mol. The molecule has 0 amide bonds. The molecule has 1 aromatic heterocycles. The van der Waals surface area contributed by atoms with Crippen LogP contribution in [0.4, 0.5) is 0 Å². The second-order valence-corrected chi connectivity index (χ2v) is 8.10. The highest BCUT2D eigenvalue weighted by Gasteiger charge is 2.35. The summed E-state index contributed by atoms with van der Waals surface area (Å²) in [6, 6.07) is 12.7. The number of thioether (sulfide) groups is 1. The van der Waals surface area contributed by atoms with Crippen molar-refractivity contribution in [3.63, 3.8) is 0 Å². The number of thiocyanates is 1. The molecule has 0 radical (unpaired) electrons. The molecule has 5 heteroatoms. The maximum atomic E-state index is 8.90. The molecular formula is C19H23N3OS. The third-order valence-electron chi connectivity index (χ3n) is 4.38. The zero-order chi connectivity index (χ0) is 17.2. The zero-order valence-corrected chi connectivity index (χ0v) is 15.2. The van der Waals surface area contributed by atoms with Crippen LogP contribution in [0.5, 0.6) is 0 Å². The summed E-state index contributed by atoms with van der Waals surface area (Å²) in [6.45, 7) is 7.22. The largest absolute Gasteiger partial charge is 0.373 e. The van der Waals surface area contributed by atoms with Crippen molar-refractivity contribution in [2.75, 3.05) is 0 Å². The van der Waals surface area contributed by atoms with Crippen molar-refractivity contribution in [1.29, 1.82) is 5.26 Å². The van der Waals surface area contributed by atoms with E-state index < -0.39 is 0 Å². The molecule has 0 aliphatic heterocycles. The normalized spacial score (nSPS) is 20.4. The van der Waals surface area contributed by atoms with E-state index in [1.54, 1.807) is 0 Å². The summed E-state index contributed by atoms with van der Waals surface area (Å²) in [6.07, 6.45) is 2.25. The maximum absolute atomic E-state index is 8.90. The Morgan fingerprint density at radius 1 is 1.29 bits per heavy atom. The molecule has 0 saturated heterocycles. The van der Waals surface area contributed by atoms with Gasteiger partial charge in [0.15, 0.2) is 0 Å². The van der Waals surface area contributed by atoms with Gasteiger partial charge in [-0.1, -0.05) is 51.1 Å². The molecule has 1 saturated carbocycles. The van der Waals surface area contributed by atoms with E-state index >= 15 is 0 Å². The predicted octanol–water partition coefficient (Wildman–Crippen LogP) is 4.67. The average Bonchev–Trinajstić information content (AvgIpc) is 2.91. The Bertz CT molecular complexity index is 721. The summed E-state index contributed by atoms with van der Waals surface area (Å²) in [5.41, 5.74) is 2.41. The molecule has 0 unspecified atom stereocenters. The fraction of sp³-hybridized carbons (Fsp3) is 0.474. The van der Waals surface area contributed by atoms with Gasteiger partial charge in [-0.2, -0.15) is 10.4 Å².